The molecule has 0 atom stereocenters. The maximum atomic E-state index is 12.7. The summed E-state index contributed by atoms with van der Waals surface area (Å²) in [5.41, 5.74) is -2.10. The normalized spacial score (nSPS) is 10.6. The van der Waals surface area contributed by atoms with Gasteiger partial charge in [-0.25, -0.2) is 0 Å². The van der Waals surface area contributed by atoms with E-state index in [4.69, 9.17) is 33.4 Å². The molecule has 0 aliphatic rings. The zero-order valence-corrected chi connectivity index (χ0v) is 14.2. The van der Waals surface area contributed by atoms with E-state index in [1.807, 2.05) is 0 Å². The molecule has 0 radical (unpaired) electrons. The minimum atomic E-state index is -2.20. The number of carboxylic acid groups (broad SMARTS) is 2. The van der Waals surface area contributed by atoms with Gasteiger partial charge in [-0.15, -0.1) is 0 Å². The number of hydrogen-bond donors (Lipinski definition) is 2. The topological polar surface area (TPSA) is 135 Å². The molecular formula is C16H9Cl2NO7. The van der Waals surface area contributed by atoms with E-state index in [1.54, 1.807) is 0 Å². The summed E-state index contributed by atoms with van der Waals surface area (Å²) in [5, 5.41) is 29.9. The van der Waals surface area contributed by atoms with Crippen molar-refractivity contribution < 1.29 is 29.5 Å². The third kappa shape index (κ3) is 3.66. The molecule has 0 bridgehead atoms. The SMILES string of the molecule is O=C(c1ccc(Cl)cc1Cl)c1cccc(C(C(=O)O)C(=O)O)c1[N+](=O)[O-]. The van der Waals surface area contributed by atoms with Gasteiger partial charge < -0.3 is 10.2 Å². The Balaban J connectivity index is 2.72. The third-order valence-corrected chi connectivity index (χ3v) is 4.02. The molecule has 2 aromatic rings. The van der Waals surface area contributed by atoms with E-state index in [0.717, 1.165) is 18.2 Å². The summed E-state index contributed by atoms with van der Waals surface area (Å²) >= 11 is 11.7. The lowest BCUT2D eigenvalue weighted by Gasteiger charge is -2.11. The van der Waals surface area contributed by atoms with Gasteiger partial charge in [0.2, 0.25) is 5.78 Å². The number of para-hydroxylation sites is 1. The van der Waals surface area contributed by atoms with Crippen LogP contribution in [0.1, 0.15) is 27.4 Å². The fraction of sp³-hybridized carbons (Fsp3) is 0.0625. The van der Waals surface area contributed by atoms with Crippen molar-refractivity contribution >= 4 is 46.6 Å². The van der Waals surface area contributed by atoms with Crippen LogP contribution < -0.4 is 0 Å². The highest BCUT2D eigenvalue weighted by molar-refractivity contribution is 6.37. The number of nitro groups is 1. The molecule has 2 aromatic carbocycles. The molecule has 0 unspecified atom stereocenters. The van der Waals surface area contributed by atoms with Gasteiger partial charge >= 0.3 is 11.9 Å². The van der Waals surface area contributed by atoms with Crippen LogP contribution in [-0.2, 0) is 9.59 Å². The van der Waals surface area contributed by atoms with Crippen LogP contribution in [0.2, 0.25) is 10.0 Å². The van der Waals surface area contributed by atoms with E-state index < -0.39 is 45.4 Å². The summed E-state index contributed by atoms with van der Waals surface area (Å²) in [6, 6.07) is 7.12. The second-order valence-electron chi connectivity index (χ2n) is 5.06. The molecule has 0 heterocycles. The molecule has 2 rings (SSSR count). The smallest absolute Gasteiger partial charge is 0.322 e. The van der Waals surface area contributed by atoms with Crippen LogP contribution in [0.4, 0.5) is 5.69 Å². The average Bonchev–Trinajstić information content (AvgIpc) is 2.53. The number of benzene rings is 2. The molecule has 0 spiro atoms. The Morgan fingerprint density at radius 3 is 2.12 bits per heavy atom. The molecule has 0 aliphatic carbocycles. The minimum absolute atomic E-state index is 0.0600. The number of carbonyl (C=O) groups is 3. The molecule has 0 saturated heterocycles. The first-order chi connectivity index (χ1) is 12.1. The lowest BCUT2D eigenvalue weighted by molar-refractivity contribution is -0.385. The van der Waals surface area contributed by atoms with Crippen molar-refractivity contribution in [2.75, 3.05) is 0 Å². The van der Waals surface area contributed by atoms with Gasteiger partial charge in [-0.3, -0.25) is 24.5 Å². The van der Waals surface area contributed by atoms with Crippen molar-refractivity contribution in [3.8, 4) is 0 Å². The van der Waals surface area contributed by atoms with Gasteiger partial charge in [0.15, 0.2) is 5.92 Å². The van der Waals surface area contributed by atoms with Crippen LogP contribution >= 0.6 is 23.2 Å². The van der Waals surface area contributed by atoms with E-state index >= 15 is 0 Å². The van der Waals surface area contributed by atoms with Gasteiger partial charge in [-0.05, 0) is 24.3 Å². The van der Waals surface area contributed by atoms with Crippen molar-refractivity contribution in [1.29, 1.82) is 0 Å². The van der Waals surface area contributed by atoms with Gasteiger partial charge in [0.05, 0.1) is 15.5 Å². The van der Waals surface area contributed by atoms with Gasteiger partial charge in [0, 0.05) is 10.6 Å². The number of halogens is 2. The third-order valence-electron chi connectivity index (χ3n) is 3.48. The van der Waals surface area contributed by atoms with Gasteiger partial charge in [0.25, 0.3) is 5.69 Å². The molecule has 0 saturated carbocycles. The number of hydrogen-bond acceptors (Lipinski definition) is 5. The quantitative estimate of drug-likeness (QED) is 0.330. The van der Waals surface area contributed by atoms with E-state index in [2.05, 4.69) is 0 Å². The summed E-state index contributed by atoms with van der Waals surface area (Å²) in [6.45, 7) is 0. The summed E-state index contributed by atoms with van der Waals surface area (Å²) in [7, 11) is 0. The first kappa shape index (κ1) is 19.4. The monoisotopic (exact) mass is 397 g/mol. The number of ketones is 1. The zero-order chi connectivity index (χ0) is 19.6. The predicted octanol–water partition coefficient (Wildman–Crippen LogP) is 3.39. The van der Waals surface area contributed by atoms with E-state index in [0.29, 0.717) is 0 Å². The fourth-order valence-corrected chi connectivity index (χ4v) is 2.87. The molecule has 10 heteroatoms. The fourth-order valence-electron chi connectivity index (χ4n) is 2.37. The van der Waals surface area contributed by atoms with E-state index in [9.17, 15) is 24.5 Å². The summed E-state index contributed by atoms with van der Waals surface area (Å²) in [4.78, 5) is 45.6. The number of aliphatic carboxylic acids is 2. The van der Waals surface area contributed by atoms with Crippen LogP contribution in [-0.4, -0.2) is 32.9 Å². The van der Waals surface area contributed by atoms with Crippen LogP contribution in [0.3, 0.4) is 0 Å². The first-order valence-corrected chi connectivity index (χ1v) is 7.63. The number of carbonyl (C=O) groups excluding carboxylic acids is 1. The largest absolute Gasteiger partial charge is 0.480 e. The first-order valence-electron chi connectivity index (χ1n) is 6.87. The highest BCUT2D eigenvalue weighted by Gasteiger charge is 2.37. The maximum Gasteiger partial charge on any atom is 0.322 e. The van der Waals surface area contributed by atoms with Crippen LogP contribution in [0, 0.1) is 10.1 Å². The number of nitro benzene ring substituents is 1. The highest BCUT2D eigenvalue weighted by atomic mass is 35.5. The Hall–Kier alpha value is -2.97. The number of nitrogens with zero attached hydrogens (tertiary/aromatic N) is 1. The molecular weight excluding hydrogens is 389 g/mol. The Kier molecular flexibility index (Phi) is 5.59. The molecule has 26 heavy (non-hydrogen) atoms. The molecule has 134 valence electrons. The van der Waals surface area contributed by atoms with E-state index in [-0.39, 0.29) is 15.6 Å². The van der Waals surface area contributed by atoms with Crippen molar-refractivity contribution in [3.63, 3.8) is 0 Å². The molecule has 0 aromatic heterocycles. The molecule has 0 aliphatic heterocycles. The van der Waals surface area contributed by atoms with Crippen molar-refractivity contribution in [3.05, 3.63) is 73.2 Å². The zero-order valence-electron chi connectivity index (χ0n) is 12.7. The Bertz CT molecular complexity index is 928. The summed E-state index contributed by atoms with van der Waals surface area (Å²) in [6.07, 6.45) is 0. The van der Waals surface area contributed by atoms with Gasteiger partial charge in [-0.1, -0.05) is 35.3 Å². The highest BCUT2D eigenvalue weighted by Crippen LogP contribution is 2.33. The Morgan fingerprint density at radius 2 is 1.62 bits per heavy atom. The second-order valence-corrected chi connectivity index (χ2v) is 5.91. The van der Waals surface area contributed by atoms with Crippen molar-refractivity contribution in [2.45, 2.75) is 5.92 Å². The van der Waals surface area contributed by atoms with Crippen LogP contribution in [0.5, 0.6) is 0 Å². The second kappa shape index (κ2) is 7.51. The summed E-state index contributed by atoms with van der Waals surface area (Å²) in [5.74, 6) is -6.66. The average molecular weight is 398 g/mol. The summed E-state index contributed by atoms with van der Waals surface area (Å²) < 4.78 is 0. The molecule has 0 fully saturated rings. The van der Waals surface area contributed by atoms with Crippen molar-refractivity contribution in [1.82, 2.24) is 0 Å². The lowest BCUT2D eigenvalue weighted by Crippen LogP contribution is -2.23. The standard InChI is InChI=1S/C16H9Cl2NO7/c17-7-4-5-8(11(18)6-7)14(20)10-3-1-2-9(13(10)19(25)26)12(15(21)22)16(23)24/h1-6,12H,(H,21,22)(H,23,24). The maximum absolute atomic E-state index is 12.7. The minimum Gasteiger partial charge on any atom is -0.480 e. The predicted molar refractivity (Wildman–Crippen MR) is 91.0 cm³/mol. The lowest BCUT2D eigenvalue weighted by atomic mass is 9.92. The van der Waals surface area contributed by atoms with Gasteiger partial charge in [-0.2, -0.15) is 0 Å². The molecule has 0 amide bonds. The van der Waals surface area contributed by atoms with Crippen LogP contribution in [0.15, 0.2) is 36.4 Å². The van der Waals surface area contributed by atoms with E-state index in [1.165, 1.54) is 18.2 Å². The molecule has 8 nitrogen and oxygen atoms in total. The van der Waals surface area contributed by atoms with Gasteiger partial charge in [0.1, 0.15) is 5.56 Å². The Labute approximate surface area is 155 Å². The van der Waals surface area contributed by atoms with Crippen molar-refractivity contribution in [2.24, 2.45) is 0 Å². The number of rotatable bonds is 6. The molecule has 2 N–H and O–H groups in total. The Morgan fingerprint density at radius 1 is 1.00 bits per heavy atom. The van der Waals surface area contributed by atoms with Crippen LogP contribution in [0.25, 0.3) is 0 Å². The number of carboxylic acids is 2.